The summed E-state index contributed by atoms with van der Waals surface area (Å²) in [6.07, 6.45) is 0. The van der Waals surface area contributed by atoms with Gasteiger partial charge in [-0.05, 0) is 12.1 Å². The highest BCUT2D eigenvalue weighted by Gasteiger charge is 2.24. The van der Waals surface area contributed by atoms with Crippen molar-refractivity contribution in [3.63, 3.8) is 0 Å². The lowest BCUT2D eigenvalue weighted by Crippen LogP contribution is -2.15. The Morgan fingerprint density at radius 3 is 2.48 bits per heavy atom. The van der Waals surface area contributed by atoms with E-state index in [0.29, 0.717) is 35.3 Å². The molecule has 0 radical (unpaired) electrons. The maximum absolute atomic E-state index is 10.6. The number of nitrogens with zero attached hydrogens (tertiary/aromatic N) is 1. The third kappa shape index (κ3) is 2.64. The van der Waals surface area contributed by atoms with Gasteiger partial charge in [0.2, 0.25) is 0 Å². The van der Waals surface area contributed by atoms with Crippen molar-refractivity contribution in [3.8, 4) is 11.5 Å². The molecule has 3 rings (SSSR count). The fourth-order valence-corrected chi connectivity index (χ4v) is 2.62. The topological polar surface area (TPSA) is 74.7 Å². The van der Waals surface area contributed by atoms with E-state index in [0.717, 1.165) is 0 Å². The van der Waals surface area contributed by atoms with E-state index in [-0.39, 0.29) is 11.6 Å². The first kappa shape index (κ1) is 14.0. The molecule has 0 bridgehead atoms. The van der Waals surface area contributed by atoms with Crippen molar-refractivity contribution < 1.29 is 18.8 Å². The van der Waals surface area contributed by atoms with Gasteiger partial charge in [-0.15, -0.1) is 11.6 Å². The number of fused-ring (bicyclic) bond motifs is 1. The minimum absolute atomic E-state index is 0.238. The van der Waals surface area contributed by atoms with Crippen LogP contribution in [0.2, 0.25) is 5.02 Å². The van der Waals surface area contributed by atoms with Gasteiger partial charge in [-0.1, -0.05) is 11.6 Å². The molecule has 0 saturated carbocycles. The Labute approximate surface area is 129 Å². The average molecular weight is 330 g/mol. The van der Waals surface area contributed by atoms with Crippen molar-refractivity contribution in [2.24, 2.45) is 0 Å². The maximum atomic E-state index is 10.6. The predicted octanol–water partition coefficient (Wildman–Crippen LogP) is 3.94. The molecule has 21 heavy (non-hydrogen) atoms. The SMILES string of the molecule is O=[N+]([O-])c1ccc(C(Cl)c2cc3c(cc2Cl)OCCO3)o1. The molecular weight excluding hydrogens is 321 g/mol. The van der Waals surface area contributed by atoms with Crippen LogP contribution in [-0.4, -0.2) is 18.1 Å². The summed E-state index contributed by atoms with van der Waals surface area (Å²) in [5.41, 5.74) is 0.534. The number of hydrogen-bond acceptors (Lipinski definition) is 5. The van der Waals surface area contributed by atoms with E-state index in [2.05, 4.69) is 0 Å². The Morgan fingerprint density at radius 1 is 1.19 bits per heavy atom. The van der Waals surface area contributed by atoms with Crippen LogP contribution in [0, 0.1) is 10.1 Å². The molecule has 1 aliphatic rings. The van der Waals surface area contributed by atoms with Crippen LogP contribution in [0.15, 0.2) is 28.7 Å². The summed E-state index contributed by atoms with van der Waals surface area (Å²) in [5, 5.41) is 10.2. The van der Waals surface area contributed by atoms with Crippen LogP contribution in [0.1, 0.15) is 16.7 Å². The first-order valence-electron chi connectivity index (χ1n) is 6.03. The Hall–Kier alpha value is -1.92. The van der Waals surface area contributed by atoms with Crippen molar-refractivity contribution >= 4 is 29.1 Å². The summed E-state index contributed by atoms with van der Waals surface area (Å²) in [7, 11) is 0. The molecule has 0 spiro atoms. The molecule has 0 N–H and O–H groups in total. The van der Waals surface area contributed by atoms with Gasteiger partial charge in [0, 0.05) is 16.7 Å². The van der Waals surface area contributed by atoms with E-state index in [1.54, 1.807) is 12.1 Å². The molecule has 0 saturated heterocycles. The van der Waals surface area contributed by atoms with Crippen molar-refractivity contribution in [1.82, 2.24) is 0 Å². The van der Waals surface area contributed by atoms with Gasteiger partial charge in [0.05, 0.1) is 6.07 Å². The van der Waals surface area contributed by atoms with E-state index in [1.165, 1.54) is 12.1 Å². The van der Waals surface area contributed by atoms with Gasteiger partial charge in [0.1, 0.15) is 29.3 Å². The highest BCUT2D eigenvalue weighted by Crippen LogP contribution is 2.42. The van der Waals surface area contributed by atoms with Crippen LogP contribution in [0.4, 0.5) is 5.88 Å². The molecule has 0 amide bonds. The molecule has 110 valence electrons. The molecule has 0 fully saturated rings. The number of hydrogen-bond donors (Lipinski definition) is 0. The molecule has 1 aromatic carbocycles. The zero-order valence-corrected chi connectivity index (χ0v) is 12.1. The van der Waals surface area contributed by atoms with Gasteiger partial charge in [0.15, 0.2) is 11.5 Å². The highest BCUT2D eigenvalue weighted by atomic mass is 35.5. The largest absolute Gasteiger partial charge is 0.486 e. The fourth-order valence-electron chi connectivity index (χ4n) is 2.00. The van der Waals surface area contributed by atoms with Crippen LogP contribution in [-0.2, 0) is 0 Å². The second-order valence-corrected chi connectivity index (χ2v) is 5.16. The summed E-state index contributed by atoms with van der Waals surface area (Å²) < 4.78 is 16.0. The van der Waals surface area contributed by atoms with Gasteiger partial charge in [-0.25, -0.2) is 0 Å². The van der Waals surface area contributed by atoms with E-state index in [9.17, 15) is 10.1 Å². The van der Waals surface area contributed by atoms with E-state index >= 15 is 0 Å². The van der Waals surface area contributed by atoms with Gasteiger partial charge in [-0.3, -0.25) is 10.1 Å². The summed E-state index contributed by atoms with van der Waals surface area (Å²) in [4.78, 5) is 10.0. The second kappa shape index (κ2) is 5.46. The standard InChI is InChI=1S/C13H9Cl2NO5/c14-8-6-11-10(19-3-4-20-11)5-7(8)13(15)9-1-2-12(21-9)16(17)18/h1-2,5-6,13H,3-4H2. The van der Waals surface area contributed by atoms with Gasteiger partial charge in [0.25, 0.3) is 0 Å². The van der Waals surface area contributed by atoms with E-state index < -0.39 is 10.3 Å². The van der Waals surface area contributed by atoms with E-state index in [4.69, 9.17) is 37.1 Å². The van der Waals surface area contributed by atoms with Crippen molar-refractivity contribution in [3.05, 3.63) is 50.7 Å². The minimum atomic E-state index is -0.762. The molecule has 1 aromatic heterocycles. The molecule has 2 heterocycles. The van der Waals surface area contributed by atoms with Gasteiger partial charge < -0.3 is 13.9 Å². The number of benzene rings is 1. The van der Waals surface area contributed by atoms with Crippen LogP contribution < -0.4 is 9.47 Å². The normalized spacial score (nSPS) is 14.8. The molecule has 1 atom stereocenters. The summed E-state index contributed by atoms with van der Waals surface area (Å²) in [6.45, 7) is 0.893. The van der Waals surface area contributed by atoms with Gasteiger partial charge >= 0.3 is 5.88 Å². The van der Waals surface area contributed by atoms with Crippen molar-refractivity contribution in [2.75, 3.05) is 13.2 Å². The molecule has 8 heteroatoms. The Bertz CT molecular complexity index is 700. The zero-order valence-electron chi connectivity index (χ0n) is 10.5. The van der Waals surface area contributed by atoms with Crippen LogP contribution in [0.5, 0.6) is 11.5 Å². The lowest BCUT2D eigenvalue weighted by atomic mass is 10.1. The summed E-state index contributed by atoms with van der Waals surface area (Å²) in [6, 6.07) is 5.96. The van der Waals surface area contributed by atoms with Crippen LogP contribution in [0.25, 0.3) is 0 Å². The van der Waals surface area contributed by atoms with E-state index in [1.807, 2.05) is 0 Å². The third-order valence-corrected chi connectivity index (χ3v) is 3.75. The summed E-state index contributed by atoms with van der Waals surface area (Å²) in [5.74, 6) is 0.947. The van der Waals surface area contributed by atoms with Crippen molar-refractivity contribution in [2.45, 2.75) is 5.38 Å². The maximum Gasteiger partial charge on any atom is 0.433 e. The number of ether oxygens (including phenoxy) is 2. The lowest BCUT2D eigenvalue weighted by molar-refractivity contribution is -0.402. The summed E-state index contributed by atoms with van der Waals surface area (Å²) >= 11 is 12.5. The first-order valence-corrected chi connectivity index (χ1v) is 6.85. The van der Waals surface area contributed by atoms with Crippen LogP contribution in [0.3, 0.4) is 0 Å². The average Bonchev–Trinajstić information content (AvgIpc) is 2.96. The van der Waals surface area contributed by atoms with Crippen LogP contribution >= 0.6 is 23.2 Å². The number of rotatable bonds is 3. The lowest BCUT2D eigenvalue weighted by Gasteiger charge is -2.20. The minimum Gasteiger partial charge on any atom is -0.486 e. The second-order valence-electron chi connectivity index (χ2n) is 4.31. The fraction of sp³-hybridized carbons (Fsp3) is 0.231. The van der Waals surface area contributed by atoms with Crippen molar-refractivity contribution in [1.29, 1.82) is 0 Å². The Kier molecular flexibility index (Phi) is 3.65. The molecule has 1 unspecified atom stereocenters. The smallest absolute Gasteiger partial charge is 0.433 e. The molecule has 2 aromatic rings. The zero-order chi connectivity index (χ0) is 15.0. The molecule has 1 aliphatic heterocycles. The number of alkyl halides is 1. The Morgan fingerprint density at radius 2 is 1.86 bits per heavy atom. The quantitative estimate of drug-likeness (QED) is 0.484. The number of furan rings is 1. The number of nitro groups is 1. The molecule has 0 aliphatic carbocycles. The highest BCUT2D eigenvalue weighted by molar-refractivity contribution is 6.33. The Balaban J connectivity index is 1.96. The third-order valence-electron chi connectivity index (χ3n) is 2.98. The molecular formula is C13H9Cl2NO5. The molecule has 6 nitrogen and oxygen atoms in total. The van der Waals surface area contributed by atoms with Gasteiger partial charge in [-0.2, -0.15) is 0 Å². The predicted molar refractivity (Wildman–Crippen MR) is 75.5 cm³/mol. The first-order chi connectivity index (χ1) is 10.1. The monoisotopic (exact) mass is 329 g/mol. The number of halogens is 2.